The highest BCUT2D eigenvalue weighted by Gasteiger charge is 2.59. The third-order valence-corrected chi connectivity index (χ3v) is 14.1. The van der Waals surface area contributed by atoms with Gasteiger partial charge in [-0.05, 0) is 109 Å². The van der Waals surface area contributed by atoms with E-state index in [1.807, 2.05) is 0 Å². The Morgan fingerprint density at radius 3 is 2.40 bits per heavy atom. The third-order valence-electron chi connectivity index (χ3n) is 14.1. The summed E-state index contributed by atoms with van der Waals surface area (Å²) < 4.78 is 0. The quantitative estimate of drug-likeness (QED) is 0.262. The van der Waals surface area contributed by atoms with Crippen LogP contribution in [0.5, 0.6) is 0 Å². The molecule has 0 fully saturated rings. The molecule has 0 N–H and O–H groups in total. The number of rotatable bonds is 2. The van der Waals surface area contributed by atoms with Gasteiger partial charge in [-0.25, -0.2) is 0 Å². The molecule has 1 spiro atoms. The highest BCUT2D eigenvalue weighted by Crippen LogP contribution is 2.69. The largest absolute Gasteiger partial charge is 0.321 e. The van der Waals surface area contributed by atoms with Gasteiger partial charge in [0, 0.05) is 29.4 Å². The van der Waals surface area contributed by atoms with Gasteiger partial charge >= 0.3 is 0 Å². The molecular weight excluding hydrogens is 641 g/mol. The minimum Gasteiger partial charge on any atom is -0.321 e. The van der Waals surface area contributed by atoms with E-state index < -0.39 is 5.41 Å². The number of anilines is 1. The highest BCUT2D eigenvalue weighted by atomic mass is 15.3. The fourth-order valence-electron chi connectivity index (χ4n) is 11.8. The van der Waals surface area contributed by atoms with Crippen LogP contribution in [0, 0.1) is 23.7 Å². The number of hydrogen-bond donors (Lipinski definition) is 0. The van der Waals surface area contributed by atoms with Gasteiger partial charge in [-0.3, -0.25) is 4.99 Å². The standard InChI is InChI=1S/C51H46N2/c1-31-15-5-7-17-34(31)38-30-44-46(29-32(38)2)53(49-35-18-8-6-16-33(35)27-28-52-49)45-24-14-13-23-41(45)51(44)40-22-12-10-20-37(40)48-43(51)26-25-42-47(48)36-19-9-11-21-39(36)50(42,3)4/h5-14,16-28,30-32,35,42,47,49H,15,29H2,1-4H3. The van der Waals surface area contributed by atoms with E-state index in [1.54, 1.807) is 0 Å². The van der Waals surface area contributed by atoms with Crippen molar-refractivity contribution in [1.82, 2.24) is 0 Å². The summed E-state index contributed by atoms with van der Waals surface area (Å²) in [5.41, 5.74) is 18.3. The number of fused-ring (bicyclic) bond motifs is 12. The summed E-state index contributed by atoms with van der Waals surface area (Å²) in [6, 6.07) is 28.1. The molecule has 3 aromatic rings. The second-order valence-corrected chi connectivity index (χ2v) is 17.1. The average Bonchev–Trinajstić information content (AvgIpc) is 3.61. The second-order valence-electron chi connectivity index (χ2n) is 17.1. The van der Waals surface area contributed by atoms with E-state index in [1.165, 1.54) is 72.6 Å². The van der Waals surface area contributed by atoms with Crippen molar-refractivity contribution < 1.29 is 0 Å². The Bertz CT molecular complexity index is 2450. The predicted molar refractivity (Wildman–Crippen MR) is 220 cm³/mol. The zero-order valence-electron chi connectivity index (χ0n) is 31.1. The van der Waals surface area contributed by atoms with Crippen LogP contribution < -0.4 is 4.90 Å². The first-order valence-electron chi connectivity index (χ1n) is 19.8. The molecule has 2 nitrogen and oxygen atoms in total. The lowest BCUT2D eigenvalue weighted by Crippen LogP contribution is -2.48. The van der Waals surface area contributed by atoms with E-state index in [2.05, 4.69) is 178 Å². The summed E-state index contributed by atoms with van der Waals surface area (Å²) in [6.07, 6.45) is 30.1. The van der Waals surface area contributed by atoms with Gasteiger partial charge in [-0.1, -0.05) is 155 Å². The van der Waals surface area contributed by atoms with Gasteiger partial charge in [0.05, 0.1) is 5.41 Å². The van der Waals surface area contributed by atoms with Crippen molar-refractivity contribution in [2.75, 3.05) is 4.90 Å². The van der Waals surface area contributed by atoms with E-state index in [0.29, 0.717) is 23.7 Å². The van der Waals surface area contributed by atoms with Crippen LogP contribution in [0.25, 0.3) is 5.57 Å². The zero-order valence-corrected chi connectivity index (χ0v) is 31.1. The molecular formula is C51H46N2. The van der Waals surface area contributed by atoms with Gasteiger partial charge in [0.25, 0.3) is 0 Å². The number of hydrogen-bond acceptors (Lipinski definition) is 2. The molecule has 0 amide bonds. The van der Waals surface area contributed by atoms with Crippen molar-refractivity contribution in [3.8, 4) is 0 Å². The summed E-state index contributed by atoms with van der Waals surface area (Å²) in [7, 11) is 0. The molecule has 6 aliphatic carbocycles. The summed E-state index contributed by atoms with van der Waals surface area (Å²) in [5.74, 6) is 1.76. The van der Waals surface area contributed by atoms with Crippen LogP contribution in [0.3, 0.4) is 0 Å². The fourth-order valence-corrected chi connectivity index (χ4v) is 11.8. The van der Waals surface area contributed by atoms with E-state index in [9.17, 15) is 0 Å². The first-order valence-corrected chi connectivity index (χ1v) is 19.8. The van der Waals surface area contributed by atoms with Gasteiger partial charge in [0.1, 0.15) is 6.17 Å². The summed E-state index contributed by atoms with van der Waals surface area (Å²) in [5, 5.41) is 0. The minimum absolute atomic E-state index is 0.0450. The lowest BCUT2D eigenvalue weighted by atomic mass is 9.59. The molecule has 7 atom stereocenters. The van der Waals surface area contributed by atoms with Gasteiger partial charge in [0.2, 0.25) is 0 Å². The van der Waals surface area contributed by atoms with E-state index in [0.717, 1.165) is 12.8 Å². The Balaban J connectivity index is 1.24. The maximum atomic E-state index is 5.34. The number of allylic oxidation sites excluding steroid dienone is 16. The van der Waals surface area contributed by atoms with E-state index >= 15 is 0 Å². The van der Waals surface area contributed by atoms with Gasteiger partial charge in [-0.15, -0.1) is 0 Å². The van der Waals surface area contributed by atoms with Crippen LogP contribution in [0.15, 0.2) is 178 Å². The van der Waals surface area contributed by atoms with Gasteiger partial charge in [-0.2, -0.15) is 0 Å². The van der Waals surface area contributed by atoms with Crippen molar-refractivity contribution >= 4 is 17.5 Å². The first kappa shape index (κ1) is 31.3. The number of para-hydroxylation sites is 1. The van der Waals surface area contributed by atoms with Crippen LogP contribution in [0.1, 0.15) is 74.3 Å². The van der Waals surface area contributed by atoms with Crippen molar-refractivity contribution in [2.24, 2.45) is 28.7 Å². The first-order chi connectivity index (χ1) is 25.9. The van der Waals surface area contributed by atoms with E-state index in [-0.39, 0.29) is 17.5 Å². The maximum absolute atomic E-state index is 5.34. The SMILES string of the molecule is CC1CC=CC=C1C1=CC2=C(CC1C)N(C1N=CC=C3C=CC=CC31)c1ccccc1C21C2=C(c3ccccc31)C1c3ccccc3C(C)(C)C1C=C2. The van der Waals surface area contributed by atoms with Crippen LogP contribution in [0.4, 0.5) is 5.69 Å². The Kier molecular flexibility index (Phi) is 6.59. The van der Waals surface area contributed by atoms with Crippen molar-refractivity contribution in [2.45, 2.75) is 63.5 Å². The lowest BCUT2D eigenvalue weighted by Gasteiger charge is -2.52. The predicted octanol–water partition coefficient (Wildman–Crippen LogP) is 11.6. The molecule has 0 saturated heterocycles. The Morgan fingerprint density at radius 1 is 0.736 bits per heavy atom. The summed E-state index contributed by atoms with van der Waals surface area (Å²) >= 11 is 0. The van der Waals surface area contributed by atoms with Crippen molar-refractivity contribution in [1.29, 1.82) is 0 Å². The average molecular weight is 687 g/mol. The van der Waals surface area contributed by atoms with Gasteiger partial charge < -0.3 is 4.90 Å². The van der Waals surface area contributed by atoms with Gasteiger partial charge in [0.15, 0.2) is 0 Å². The molecule has 2 heteroatoms. The monoisotopic (exact) mass is 686 g/mol. The number of aliphatic imine (C=N–C) groups is 1. The topological polar surface area (TPSA) is 15.6 Å². The molecule has 7 unspecified atom stereocenters. The van der Waals surface area contributed by atoms with Crippen molar-refractivity contribution in [3.05, 3.63) is 201 Å². The molecule has 3 aromatic carbocycles. The molecule has 2 heterocycles. The molecule has 8 aliphatic rings. The number of nitrogens with zero attached hydrogens (tertiary/aromatic N) is 2. The molecule has 0 radical (unpaired) electrons. The van der Waals surface area contributed by atoms with Crippen molar-refractivity contribution in [3.63, 3.8) is 0 Å². The normalized spacial score (nSPS) is 32.0. The molecule has 0 aromatic heterocycles. The number of dihydropyridines is 1. The Morgan fingerprint density at radius 2 is 1.53 bits per heavy atom. The highest BCUT2D eigenvalue weighted by molar-refractivity contribution is 5.95. The second kappa shape index (κ2) is 11.2. The Hall–Kier alpha value is -5.21. The molecule has 53 heavy (non-hydrogen) atoms. The summed E-state index contributed by atoms with van der Waals surface area (Å²) in [6.45, 7) is 9.80. The summed E-state index contributed by atoms with van der Waals surface area (Å²) in [4.78, 5) is 8.00. The third kappa shape index (κ3) is 4.02. The minimum atomic E-state index is -0.448. The number of benzene rings is 3. The molecule has 2 aliphatic heterocycles. The molecule has 0 saturated carbocycles. The Labute approximate surface area is 314 Å². The van der Waals surface area contributed by atoms with Crippen LogP contribution >= 0.6 is 0 Å². The lowest BCUT2D eigenvalue weighted by molar-refractivity contribution is 0.397. The van der Waals surface area contributed by atoms with Crippen LogP contribution in [-0.2, 0) is 10.8 Å². The zero-order chi connectivity index (χ0) is 35.6. The maximum Gasteiger partial charge on any atom is 0.135 e. The van der Waals surface area contributed by atoms with Crippen LogP contribution in [0.2, 0.25) is 0 Å². The molecule has 260 valence electrons. The fraction of sp³-hybridized carbons (Fsp3) is 0.275. The van der Waals surface area contributed by atoms with E-state index in [4.69, 9.17) is 4.99 Å². The smallest absolute Gasteiger partial charge is 0.135 e. The molecule has 0 bridgehead atoms. The van der Waals surface area contributed by atoms with Crippen LogP contribution in [-0.4, -0.2) is 12.4 Å². The molecule has 11 rings (SSSR count).